The monoisotopic (exact) mass is 190 g/mol. The molecule has 5 nitrogen and oxygen atoms in total. The van der Waals surface area contributed by atoms with Crippen LogP contribution in [0.5, 0.6) is 0 Å². The molecule has 1 fully saturated rings. The first-order valence-corrected chi connectivity index (χ1v) is 3.90. The lowest BCUT2D eigenvalue weighted by Crippen LogP contribution is -2.52. The molecule has 74 valence electrons. The maximum atomic E-state index is 12.3. The second kappa shape index (κ2) is 3.69. The third-order valence-electron chi connectivity index (χ3n) is 1.89. The number of carbonyl (C=O) groups excluding carboxylic acids is 2. The number of nitrogens with zero attached hydrogens (tertiary/aromatic N) is 1. The average Bonchev–Trinajstić information content (AvgIpc) is 1.98. The molecule has 0 bridgehead atoms. The van der Waals surface area contributed by atoms with Crippen molar-refractivity contribution in [2.75, 3.05) is 13.1 Å². The molecule has 0 unspecified atom stereocenters. The number of aliphatic hydroxyl groups excluding tert-OH is 1. The standard InChI is InChI=1S/C7H11FN2O3/c8-4-2-10(3-4)6(12)1-5(11)7(9)13/h4-5,11H,1-3H2,(H2,9,13)/t5-/m1/s1. The Kier molecular flexibility index (Phi) is 2.82. The topological polar surface area (TPSA) is 83.6 Å². The Labute approximate surface area is 74.3 Å². The van der Waals surface area contributed by atoms with E-state index in [1.54, 1.807) is 0 Å². The van der Waals surface area contributed by atoms with E-state index in [2.05, 4.69) is 0 Å². The molecule has 2 amide bonds. The van der Waals surface area contributed by atoms with Gasteiger partial charge in [0.15, 0.2) is 0 Å². The normalized spacial score (nSPS) is 19.4. The number of rotatable bonds is 3. The summed E-state index contributed by atoms with van der Waals surface area (Å²) in [6.07, 6.45) is -2.80. The Morgan fingerprint density at radius 1 is 1.62 bits per heavy atom. The van der Waals surface area contributed by atoms with Crippen LogP contribution in [-0.2, 0) is 9.59 Å². The van der Waals surface area contributed by atoms with Gasteiger partial charge in [-0.15, -0.1) is 0 Å². The van der Waals surface area contributed by atoms with Gasteiger partial charge in [-0.1, -0.05) is 0 Å². The van der Waals surface area contributed by atoms with E-state index in [0.29, 0.717) is 0 Å². The maximum Gasteiger partial charge on any atom is 0.246 e. The molecule has 1 heterocycles. The van der Waals surface area contributed by atoms with Gasteiger partial charge in [0.1, 0.15) is 12.3 Å². The van der Waals surface area contributed by atoms with E-state index < -0.39 is 24.1 Å². The minimum atomic E-state index is -1.47. The highest BCUT2D eigenvalue weighted by atomic mass is 19.1. The summed E-state index contributed by atoms with van der Waals surface area (Å²) in [5.74, 6) is -1.38. The summed E-state index contributed by atoms with van der Waals surface area (Å²) in [6, 6.07) is 0. The smallest absolute Gasteiger partial charge is 0.246 e. The quantitative estimate of drug-likeness (QED) is 0.562. The third kappa shape index (κ3) is 2.38. The lowest BCUT2D eigenvalue weighted by molar-refractivity contribution is -0.143. The minimum absolute atomic E-state index is 0.0459. The van der Waals surface area contributed by atoms with Gasteiger partial charge in [-0.2, -0.15) is 0 Å². The molecule has 6 heteroatoms. The van der Waals surface area contributed by atoms with Crippen molar-refractivity contribution in [3.8, 4) is 0 Å². The molecule has 0 aromatic heterocycles. The fourth-order valence-corrected chi connectivity index (χ4v) is 1.02. The molecule has 0 aromatic rings. The SMILES string of the molecule is NC(=O)[C@H](O)CC(=O)N1CC(F)C1. The highest BCUT2D eigenvalue weighted by molar-refractivity contribution is 5.86. The zero-order valence-corrected chi connectivity index (χ0v) is 6.94. The molecular formula is C7H11FN2O3. The second-order valence-electron chi connectivity index (χ2n) is 3.02. The first kappa shape index (κ1) is 9.91. The van der Waals surface area contributed by atoms with E-state index in [-0.39, 0.29) is 19.5 Å². The van der Waals surface area contributed by atoms with Crippen molar-refractivity contribution in [2.24, 2.45) is 5.73 Å². The zero-order valence-electron chi connectivity index (χ0n) is 6.94. The molecule has 1 aliphatic rings. The van der Waals surface area contributed by atoms with Crippen LogP contribution >= 0.6 is 0 Å². The molecule has 0 aliphatic carbocycles. The van der Waals surface area contributed by atoms with Crippen LogP contribution in [0, 0.1) is 0 Å². The Morgan fingerprint density at radius 3 is 2.54 bits per heavy atom. The summed E-state index contributed by atoms with van der Waals surface area (Å²) in [6.45, 7) is 0.0919. The van der Waals surface area contributed by atoms with Gasteiger partial charge >= 0.3 is 0 Å². The third-order valence-corrected chi connectivity index (χ3v) is 1.89. The van der Waals surface area contributed by atoms with Crippen LogP contribution in [0.25, 0.3) is 0 Å². The van der Waals surface area contributed by atoms with Crippen LogP contribution in [0.1, 0.15) is 6.42 Å². The summed E-state index contributed by atoms with van der Waals surface area (Å²) < 4.78 is 12.3. The fraction of sp³-hybridized carbons (Fsp3) is 0.714. The highest BCUT2D eigenvalue weighted by Gasteiger charge is 2.31. The first-order valence-electron chi connectivity index (χ1n) is 3.90. The first-order chi connectivity index (χ1) is 6.00. The summed E-state index contributed by atoms with van der Waals surface area (Å²) in [5, 5.41) is 8.92. The molecule has 0 aromatic carbocycles. The number of amides is 2. The molecule has 1 atom stereocenters. The van der Waals surface area contributed by atoms with Gasteiger partial charge in [-0.3, -0.25) is 9.59 Å². The van der Waals surface area contributed by atoms with Crippen molar-refractivity contribution in [1.82, 2.24) is 4.90 Å². The summed E-state index contributed by atoms with van der Waals surface area (Å²) >= 11 is 0. The van der Waals surface area contributed by atoms with E-state index in [9.17, 15) is 14.0 Å². The number of hydrogen-bond acceptors (Lipinski definition) is 3. The number of carbonyl (C=O) groups is 2. The number of aliphatic hydroxyl groups is 1. The predicted molar refractivity (Wildman–Crippen MR) is 41.3 cm³/mol. The summed E-state index contributed by atoms with van der Waals surface area (Å²) in [7, 11) is 0. The summed E-state index contributed by atoms with van der Waals surface area (Å²) in [4.78, 5) is 22.7. The molecule has 13 heavy (non-hydrogen) atoms. The van der Waals surface area contributed by atoms with Gasteiger partial charge < -0.3 is 15.7 Å². The van der Waals surface area contributed by atoms with Crippen molar-refractivity contribution in [3.05, 3.63) is 0 Å². The zero-order chi connectivity index (χ0) is 10.0. The van der Waals surface area contributed by atoms with E-state index in [0.717, 1.165) is 0 Å². The van der Waals surface area contributed by atoms with Crippen molar-refractivity contribution in [3.63, 3.8) is 0 Å². The van der Waals surface area contributed by atoms with Crippen LogP contribution < -0.4 is 5.73 Å². The Balaban J connectivity index is 2.29. The Bertz CT molecular complexity index is 228. The minimum Gasteiger partial charge on any atom is -0.383 e. The summed E-state index contributed by atoms with van der Waals surface area (Å²) in [5.41, 5.74) is 4.74. The fourth-order valence-electron chi connectivity index (χ4n) is 1.02. The van der Waals surface area contributed by atoms with Crippen molar-refractivity contribution >= 4 is 11.8 Å². The van der Waals surface area contributed by atoms with E-state index in [4.69, 9.17) is 10.8 Å². The van der Waals surface area contributed by atoms with Gasteiger partial charge in [-0.05, 0) is 0 Å². The number of likely N-dealkylation sites (tertiary alicyclic amines) is 1. The van der Waals surface area contributed by atoms with Crippen LogP contribution in [0.4, 0.5) is 4.39 Å². The van der Waals surface area contributed by atoms with Crippen LogP contribution in [0.2, 0.25) is 0 Å². The predicted octanol–water partition coefficient (Wildman–Crippen LogP) is -1.60. The maximum absolute atomic E-state index is 12.3. The van der Waals surface area contributed by atoms with Gasteiger partial charge in [0, 0.05) is 0 Å². The molecule has 0 spiro atoms. The van der Waals surface area contributed by atoms with Gasteiger partial charge in [0.2, 0.25) is 11.8 Å². The van der Waals surface area contributed by atoms with Crippen LogP contribution in [0.3, 0.4) is 0 Å². The lowest BCUT2D eigenvalue weighted by atomic mass is 10.1. The molecule has 1 saturated heterocycles. The molecular weight excluding hydrogens is 179 g/mol. The number of nitrogens with two attached hydrogens (primary N) is 1. The van der Waals surface area contributed by atoms with E-state index >= 15 is 0 Å². The molecule has 0 radical (unpaired) electrons. The number of hydrogen-bond donors (Lipinski definition) is 2. The van der Waals surface area contributed by atoms with E-state index in [1.807, 2.05) is 0 Å². The van der Waals surface area contributed by atoms with Gasteiger partial charge in [0.05, 0.1) is 19.5 Å². The Hall–Kier alpha value is -1.17. The molecule has 3 N–H and O–H groups in total. The van der Waals surface area contributed by atoms with Crippen LogP contribution in [0.15, 0.2) is 0 Å². The number of halogens is 1. The lowest BCUT2D eigenvalue weighted by Gasteiger charge is -2.34. The van der Waals surface area contributed by atoms with E-state index in [1.165, 1.54) is 4.90 Å². The number of primary amides is 1. The average molecular weight is 190 g/mol. The molecule has 0 saturated carbocycles. The van der Waals surface area contributed by atoms with Gasteiger partial charge in [-0.25, -0.2) is 4.39 Å². The second-order valence-corrected chi connectivity index (χ2v) is 3.02. The van der Waals surface area contributed by atoms with Crippen molar-refractivity contribution in [2.45, 2.75) is 18.7 Å². The largest absolute Gasteiger partial charge is 0.383 e. The Morgan fingerprint density at radius 2 is 2.15 bits per heavy atom. The van der Waals surface area contributed by atoms with Crippen molar-refractivity contribution < 1.29 is 19.1 Å². The van der Waals surface area contributed by atoms with Gasteiger partial charge in [0.25, 0.3) is 0 Å². The van der Waals surface area contributed by atoms with Crippen LogP contribution in [-0.4, -0.2) is 47.2 Å². The van der Waals surface area contributed by atoms with Crippen molar-refractivity contribution in [1.29, 1.82) is 0 Å². The molecule has 1 rings (SSSR count). The number of alkyl halides is 1. The molecule has 1 aliphatic heterocycles. The highest BCUT2D eigenvalue weighted by Crippen LogP contribution is 2.12.